The third kappa shape index (κ3) is 6.57. The van der Waals surface area contributed by atoms with Gasteiger partial charge in [-0.1, -0.05) is 12.8 Å². The van der Waals surface area contributed by atoms with Crippen LogP contribution in [-0.2, 0) is 9.59 Å². The van der Waals surface area contributed by atoms with E-state index in [4.69, 9.17) is 0 Å². The second kappa shape index (κ2) is 8.15. The summed E-state index contributed by atoms with van der Waals surface area (Å²) >= 11 is 0. The molecule has 0 heterocycles. The maximum atomic E-state index is 11.9. The average molecular weight is 269 g/mol. The van der Waals surface area contributed by atoms with Crippen molar-refractivity contribution in [1.82, 2.24) is 15.1 Å². The molecule has 1 aliphatic rings. The fraction of sp³-hybridized carbons (Fsp3) is 0.857. The maximum absolute atomic E-state index is 11.9. The van der Waals surface area contributed by atoms with Crippen LogP contribution in [0.25, 0.3) is 0 Å². The summed E-state index contributed by atoms with van der Waals surface area (Å²) in [5, 5.41) is 3.02. The topological polar surface area (TPSA) is 52.7 Å². The molecule has 1 rings (SSSR count). The number of hydrogen-bond donors (Lipinski definition) is 1. The van der Waals surface area contributed by atoms with Gasteiger partial charge in [-0.25, -0.2) is 0 Å². The predicted molar refractivity (Wildman–Crippen MR) is 75.8 cm³/mol. The molecule has 0 spiro atoms. The summed E-state index contributed by atoms with van der Waals surface area (Å²) in [7, 11) is 4.01. The second-order valence-corrected chi connectivity index (χ2v) is 5.65. The lowest BCUT2D eigenvalue weighted by atomic mass is 10.2. The summed E-state index contributed by atoms with van der Waals surface area (Å²) in [5.74, 6) is -0.0488. The summed E-state index contributed by atoms with van der Waals surface area (Å²) in [4.78, 5) is 27.1. The third-order valence-electron chi connectivity index (χ3n) is 3.53. The van der Waals surface area contributed by atoms with Gasteiger partial charge in [0, 0.05) is 19.5 Å². The van der Waals surface area contributed by atoms with Crippen LogP contribution in [0.4, 0.5) is 0 Å². The van der Waals surface area contributed by atoms with Gasteiger partial charge in [0.15, 0.2) is 0 Å². The highest BCUT2D eigenvalue weighted by atomic mass is 16.2. The fourth-order valence-corrected chi connectivity index (χ4v) is 2.44. The molecule has 0 atom stereocenters. The van der Waals surface area contributed by atoms with Crippen molar-refractivity contribution in [2.45, 2.75) is 45.1 Å². The van der Waals surface area contributed by atoms with E-state index in [-0.39, 0.29) is 18.4 Å². The van der Waals surface area contributed by atoms with Crippen LogP contribution in [0.1, 0.15) is 39.0 Å². The van der Waals surface area contributed by atoms with Crippen LogP contribution >= 0.6 is 0 Å². The molecule has 2 amide bonds. The zero-order chi connectivity index (χ0) is 14.3. The molecule has 0 aromatic rings. The molecule has 0 saturated heterocycles. The number of amides is 2. The first-order valence-corrected chi connectivity index (χ1v) is 7.18. The van der Waals surface area contributed by atoms with Crippen LogP contribution in [0.3, 0.4) is 0 Å². The van der Waals surface area contributed by atoms with Crippen LogP contribution in [0.5, 0.6) is 0 Å². The number of hydrogen-bond acceptors (Lipinski definition) is 3. The highest BCUT2D eigenvalue weighted by Crippen LogP contribution is 2.17. The lowest BCUT2D eigenvalue weighted by Gasteiger charge is -2.22. The van der Waals surface area contributed by atoms with Crippen molar-refractivity contribution < 1.29 is 9.59 Å². The van der Waals surface area contributed by atoms with Crippen LogP contribution in [0, 0.1) is 0 Å². The lowest BCUT2D eigenvalue weighted by molar-refractivity contribution is -0.134. The van der Waals surface area contributed by atoms with Crippen molar-refractivity contribution in [2.24, 2.45) is 0 Å². The van der Waals surface area contributed by atoms with Crippen LogP contribution < -0.4 is 5.32 Å². The largest absolute Gasteiger partial charge is 0.352 e. The van der Waals surface area contributed by atoms with E-state index in [1.807, 2.05) is 14.1 Å². The Labute approximate surface area is 116 Å². The third-order valence-corrected chi connectivity index (χ3v) is 3.53. The Kier molecular flexibility index (Phi) is 6.84. The van der Waals surface area contributed by atoms with Crippen molar-refractivity contribution in [3.05, 3.63) is 0 Å². The number of nitrogens with one attached hydrogen (secondary N) is 1. The fourth-order valence-electron chi connectivity index (χ4n) is 2.44. The minimum Gasteiger partial charge on any atom is -0.352 e. The van der Waals surface area contributed by atoms with E-state index in [2.05, 4.69) is 10.2 Å². The van der Waals surface area contributed by atoms with Gasteiger partial charge in [0.25, 0.3) is 0 Å². The van der Waals surface area contributed by atoms with E-state index in [1.165, 1.54) is 19.8 Å². The minimum absolute atomic E-state index is 0.0213. The molecule has 1 N–H and O–H groups in total. The second-order valence-electron chi connectivity index (χ2n) is 5.65. The molecule has 0 aliphatic heterocycles. The van der Waals surface area contributed by atoms with Crippen molar-refractivity contribution in [3.63, 3.8) is 0 Å². The SMILES string of the molecule is CC(=O)N(CCCN(C)C)CC(=O)NC1CCCC1. The number of nitrogens with zero attached hydrogens (tertiary/aromatic N) is 2. The smallest absolute Gasteiger partial charge is 0.239 e. The highest BCUT2D eigenvalue weighted by molar-refractivity contribution is 5.83. The van der Waals surface area contributed by atoms with Gasteiger partial charge in [-0.15, -0.1) is 0 Å². The van der Waals surface area contributed by atoms with Crippen molar-refractivity contribution >= 4 is 11.8 Å². The Balaban J connectivity index is 2.30. The van der Waals surface area contributed by atoms with Crippen LogP contribution in [-0.4, -0.2) is 61.4 Å². The first kappa shape index (κ1) is 16.0. The van der Waals surface area contributed by atoms with Gasteiger partial charge >= 0.3 is 0 Å². The van der Waals surface area contributed by atoms with E-state index < -0.39 is 0 Å². The summed E-state index contributed by atoms with van der Waals surface area (Å²) in [6, 6.07) is 0.322. The molecule has 0 bridgehead atoms. The van der Waals surface area contributed by atoms with Crippen LogP contribution in [0.15, 0.2) is 0 Å². The normalized spacial score (nSPS) is 15.8. The Bertz CT molecular complexity index is 299. The molecule has 0 radical (unpaired) electrons. The zero-order valence-electron chi connectivity index (χ0n) is 12.4. The van der Waals surface area contributed by atoms with Crippen molar-refractivity contribution in [2.75, 3.05) is 33.7 Å². The van der Waals surface area contributed by atoms with E-state index in [9.17, 15) is 9.59 Å². The van der Waals surface area contributed by atoms with Gasteiger partial charge in [0.2, 0.25) is 11.8 Å². The molecular formula is C14H27N3O2. The molecule has 0 unspecified atom stereocenters. The summed E-state index contributed by atoms with van der Waals surface area (Å²) < 4.78 is 0. The Morgan fingerprint density at radius 2 is 1.79 bits per heavy atom. The zero-order valence-corrected chi connectivity index (χ0v) is 12.4. The van der Waals surface area contributed by atoms with Gasteiger partial charge in [-0.3, -0.25) is 9.59 Å². The molecule has 0 aromatic carbocycles. The highest BCUT2D eigenvalue weighted by Gasteiger charge is 2.19. The lowest BCUT2D eigenvalue weighted by Crippen LogP contribution is -2.43. The number of carbonyl (C=O) groups excluding carboxylic acids is 2. The standard InChI is InChI=1S/C14H27N3O2/c1-12(18)17(10-6-9-16(2)3)11-14(19)15-13-7-4-5-8-13/h13H,4-11H2,1-3H3,(H,15,19). The van der Waals surface area contributed by atoms with Gasteiger partial charge in [0.05, 0.1) is 6.54 Å². The predicted octanol–water partition coefficient (Wildman–Crippen LogP) is 0.845. The van der Waals surface area contributed by atoms with E-state index in [0.717, 1.165) is 25.8 Å². The van der Waals surface area contributed by atoms with Crippen LogP contribution in [0.2, 0.25) is 0 Å². The first-order valence-electron chi connectivity index (χ1n) is 7.18. The summed E-state index contributed by atoms with van der Waals surface area (Å²) in [6.07, 6.45) is 5.44. The molecular weight excluding hydrogens is 242 g/mol. The monoisotopic (exact) mass is 269 g/mol. The van der Waals surface area contributed by atoms with E-state index in [0.29, 0.717) is 12.6 Å². The molecule has 1 fully saturated rings. The Morgan fingerprint density at radius 1 is 1.16 bits per heavy atom. The number of rotatable bonds is 7. The first-order chi connectivity index (χ1) is 8.99. The van der Waals surface area contributed by atoms with Gasteiger partial charge in [-0.05, 0) is 39.9 Å². The summed E-state index contributed by atoms with van der Waals surface area (Å²) in [5.41, 5.74) is 0. The minimum atomic E-state index is -0.0275. The molecule has 110 valence electrons. The van der Waals surface area contributed by atoms with E-state index >= 15 is 0 Å². The average Bonchev–Trinajstić information content (AvgIpc) is 2.79. The Hall–Kier alpha value is -1.10. The quantitative estimate of drug-likeness (QED) is 0.745. The molecule has 5 heteroatoms. The molecule has 19 heavy (non-hydrogen) atoms. The van der Waals surface area contributed by atoms with Gasteiger partial charge in [-0.2, -0.15) is 0 Å². The molecule has 5 nitrogen and oxygen atoms in total. The molecule has 1 saturated carbocycles. The van der Waals surface area contributed by atoms with Crippen molar-refractivity contribution in [1.29, 1.82) is 0 Å². The van der Waals surface area contributed by atoms with Gasteiger partial charge < -0.3 is 15.1 Å². The number of carbonyl (C=O) groups is 2. The molecule has 1 aliphatic carbocycles. The van der Waals surface area contributed by atoms with Crippen molar-refractivity contribution in [3.8, 4) is 0 Å². The maximum Gasteiger partial charge on any atom is 0.239 e. The van der Waals surface area contributed by atoms with E-state index in [1.54, 1.807) is 4.90 Å². The molecule has 0 aromatic heterocycles. The summed E-state index contributed by atoms with van der Waals surface area (Å²) in [6.45, 7) is 3.29. The van der Waals surface area contributed by atoms with Gasteiger partial charge in [0.1, 0.15) is 0 Å². The Morgan fingerprint density at radius 3 is 2.32 bits per heavy atom.